The summed E-state index contributed by atoms with van der Waals surface area (Å²) < 4.78 is 5.30. The van der Waals surface area contributed by atoms with Gasteiger partial charge in [-0.3, -0.25) is 14.4 Å². The van der Waals surface area contributed by atoms with E-state index in [0.717, 1.165) is 18.4 Å². The average Bonchev–Trinajstić information content (AvgIpc) is 3.18. The van der Waals surface area contributed by atoms with Crippen molar-refractivity contribution in [2.24, 2.45) is 5.41 Å². The lowest BCUT2D eigenvalue weighted by molar-refractivity contribution is -0.151. The molecule has 3 atom stereocenters. The van der Waals surface area contributed by atoms with Gasteiger partial charge in [0.05, 0.1) is 12.5 Å². The van der Waals surface area contributed by atoms with Crippen molar-refractivity contribution in [1.82, 2.24) is 4.90 Å². The molecule has 2 fully saturated rings. The highest BCUT2D eigenvalue weighted by Gasteiger charge is 2.60. The van der Waals surface area contributed by atoms with E-state index < -0.39 is 11.4 Å². The number of carboxylic acids is 1. The van der Waals surface area contributed by atoms with Crippen LogP contribution < -0.4 is 4.74 Å². The molecule has 142 valence electrons. The Hall–Kier alpha value is -2.57. The Balaban J connectivity index is 0.000000758. The molecular weight excluding hydrogens is 338 g/mol. The fourth-order valence-electron chi connectivity index (χ4n) is 4.46. The smallest absolute Gasteiger partial charge is 0.311 e. The van der Waals surface area contributed by atoms with E-state index in [-0.39, 0.29) is 24.5 Å². The number of nitrogens with zero attached hydrogens (tertiary/aromatic N) is 1. The summed E-state index contributed by atoms with van der Waals surface area (Å²) in [7, 11) is 1.59. The third-order valence-corrected chi connectivity index (χ3v) is 5.77. The molecule has 2 aliphatic heterocycles. The van der Waals surface area contributed by atoms with Crippen LogP contribution in [-0.2, 0) is 9.59 Å². The number of amides is 1. The van der Waals surface area contributed by atoms with Gasteiger partial charge in [0.15, 0.2) is 0 Å². The van der Waals surface area contributed by atoms with Crippen LogP contribution in [0.5, 0.6) is 5.75 Å². The van der Waals surface area contributed by atoms with Crippen LogP contribution in [0.1, 0.15) is 48.5 Å². The molecule has 0 aromatic heterocycles. The van der Waals surface area contributed by atoms with E-state index in [1.54, 1.807) is 19.2 Å². The predicted molar refractivity (Wildman–Crippen MR) is 94.4 cm³/mol. The van der Waals surface area contributed by atoms with Crippen molar-refractivity contribution < 1.29 is 29.3 Å². The summed E-state index contributed by atoms with van der Waals surface area (Å²) in [6.07, 6.45) is 2.80. The summed E-state index contributed by atoms with van der Waals surface area (Å²) in [5.74, 6) is -0.153. The molecule has 2 N–H and O–H groups in total. The van der Waals surface area contributed by atoms with Crippen molar-refractivity contribution in [3.63, 3.8) is 0 Å². The minimum absolute atomic E-state index is 0.0363. The van der Waals surface area contributed by atoms with Gasteiger partial charge in [0.25, 0.3) is 12.4 Å². The fraction of sp³-hybridized carbons (Fsp3) is 0.526. The standard InChI is InChI=1S/C18H23NO4.CH2O2/c1-4-18(17(21)22)10-12-8-9-15(18)19(12)16(20)13-6-5-7-14(23-3)11(13)2;2-1-3/h5-7,12,15H,4,8-10H2,1-3H3,(H,21,22);1H,(H,2,3)/t12-,15+,18+;/m0./s1. The second-order valence-corrected chi connectivity index (χ2v) is 6.72. The Kier molecular flexibility index (Phi) is 5.90. The van der Waals surface area contributed by atoms with Crippen molar-refractivity contribution in [3.8, 4) is 5.75 Å². The minimum Gasteiger partial charge on any atom is -0.496 e. The molecular formula is C19H25NO6. The zero-order chi connectivity index (χ0) is 19.5. The van der Waals surface area contributed by atoms with Crippen LogP contribution >= 0.6 is 0 Å². The van der Waals surface area contributed by atoms with Gasteiger partial charge in [-0.15, -0.1) is 0 Å². The largest absolute Gasteiger partial charge is 0.496 e. The fourth-order valence-corrected chi connectivity index (χ4v) is 4.46. The number of methoxy groups -OCH3 is 1. The molecule has 0 unspecified atom stereocenters. The Morgan fingerprint density at radius 3 is 2.54 bits per heavy atom. The van der Waals surface area contributed by atoms with E-state index in [0.29, 0.717) is 24.2 Å². The van der Waals surface area contributed by atoms with E-state index in [9.17, 15) is 14.7 Å². The van der Waals surface area contributed by atoms with Gasteiger partial charge in [-0.1, -0.05) is 13.0 Å². The summed E-state index contributed by atoms with van der Waals surface area (Å²) in [6.45, 7) is 3.53. The highest BCUT2D eigenvalue weighted by Crippen LogP contribution is 2.52. The van der Waals surface area contributed by atoms with Gasteiger partial charge in [0.1, 0.15) is 5.75 Å². The number of carboxylic acid groups (broad SMARTS) is 2. The van der Waals surface area contributed by atoms with E-state index in [2.05, 4.69) is 0 Å². The molecule has 1 aromatic rings. The number of rotatable bonds is 4. The minimum atomic E-state index is -0.786. The van der Waals surface area contributed by atoms with Crippen LogP contribution in [0.2, 0.25) is 0 Å². The monoisotopic (exact) mass is 363 g/mol. The molecule has 2 bridgehead atoms. The number of fused-ring (bicyclic) bond motifs is 2. The summed E-state index contributed by atoms with van der Waals surface area (Å²) in [5, 5.41) is 16.6. The van der Waals surface area contributed by atoms with E-state index in [1.165, 1.54) is 0 Å². The van der Waals surface area contributed by atoms with Crippen LogP contribution in [0.15, 0.2) is 18.2 Å². The first kappa shape index (κ1) is 19.8. The first-order valence-corrected chi connectivity index (χ1v) is 8.65. The molecule has 2 saturated heterocycles. The lowest BCUT2D eigenvalue weighted by Gasteiger charge is -2.32. The number of aliphatic carboxylic acids is 1. The molecule has 2 aliphatic rings. The summed E-state index contributed by atoms with van der Waals surface area (Å²) in [6, 6.07) is 5.27. The molecule has 0 radical (unpaired) electrons. The number of benzene rings is 1. The topological polar surface area (TPSA) is 104 Å². The first-order chi connectivity index (χ1) is 12.4. The highest BCUT2D eigenvalue weighted by molar-refractivity contribution is 5.98. The molecule has 1 aromatic carbocycles. The maximum absolute atomic E-state index is 13.1. The summed E-state index contributed by atoms with van der Waals surface area (Å²) >= 11 is 0. The molecule has 0 saturated carbocycles. The second-order valence-electron chi connectivity index (χ2n) is 6.72. The molecule has 0 aliphatic carbocycles. The normalized spacial score (nSPS) is 26.0. The second kappa shape index (κ2) is 7.76. The van der Waals surface area contributed by atoms with Crippen LogP contribution in [0, 0.1) is 12.3 Å². The Bertz CT molecular complexity index is 703. The number of carbonyl (C=O) groups excluding carboxylic acids is 1. The molecule has 0 spiro atoms. The SMILES string of the molecule is CC[C@@]1(C(=O)O)C[C@@H]2CC[C@H]1N2C(=O)c1cccc(OC)c1C.O=CO. The zero-order valence-corrected chi connectivity index (χ0v) is 15.3. The van der Waals surface area contributed by atoms with Gasteiger partial charge in [0.2, 0.25) is 0 Å². The number of carbonyl (C=O) groups is 3. The molecule has 7 nitrogen and oxygen atoms in total. The van der Waals surface area contributed by atoms with Crippen molar-refractivity contribution in [2.75, 3.05) is 7.11 Å². The van der Waals surface area contributed by atoms with E-state index >= 15 is 0 Å². The van der Waals surface area contributed by atoms with Crippen molar-refractivity contribution in [2.45, 2.75) is 51.6 Å². The maximum Gasteiger partial charge on any atom is 0.311 e. The van der Waals surface area contributed by atoms with Crippen molar-refractivity contribution in [1.29, 1.82) is 0 Å². The van der Waals surface area contributed by atoms with E-state index in [1.807, 2.05) is 24.8 Å². The Morgan fingerprint density at radius 1 is 1.38 bits per heavy atom. The number of ether oxygens (including phenoxy) is 1. The van der Waals surface area contributed by atoms with Crippen LogP contribution in [0.25, 0.3) is 0 Å². The quantitative estimate of drug-likeness (QED) is 0.797. The Morgan fingerprint density at radius 2 is 2.04 bits per heavy atom. The van der Waals surface area contributed by atoms with E-state index in [4.69, 9.17) is 14.6 Å². The zero-order valence-electron chi connectivity index (χ0n) is 15.3. The predicted octanol–water partition coefficient (Wildman–Crippen LogP) is 2.56. The third-order valence-electron chi connectivity index (χ3n) is 5.77. The van der Waals surface area contributed by atoms with Gasteiger partial charge in [-0.05, 0) is 44.7 Å². The van der Waals surface area contributed by atoms with Crippen LogP contribution in [-0.4, -0.2) is 52.7 Å². The average molecular weight is 363 g/mol. The van der Waals surface area contributed by atoms with Crippen LogP contribution in [0.4, 0.5) is 0 Å². The lowest BCUT2D eigenvalue weighted by Crippen LogP contribution is -2.44. The number of hydrogen-bond acceptors (Lipinski definition) is 4. The van der Waals surface area contributed by atoms with Gasteiger partial charge in [0, 0.05) is 23.2 Å². The summed E-state index contributed by atoms with van der Waals surface area (Å²) in [5.41, 5.74) is 0.632. The van der Waals surface area contributed by atoms with Gasteiger partial charge < -0.3 is 19.8 Å². The summed E-state index contributed by atoms with van der Waals surface area (Å²) in [4.78, 5) is 35.2. The first-order valence-electron chi connectivity index (χ1n) is 8.65. The van der Waals surface area contributed by atoms with Crippen molar-refractivity contribution in [3.05, 3.63) is 29.3 Å². The number of hydrogen-bond donors (Lipinski definition) is 2. The van der Waals surface area contributed by atoms with Gasteiger partial charge >= 0.3 is 5.97 Å². The molecule has 7 heteroatoms. The molecule has 1 amide bonds. The van der Waals surface area contributed by atoms with Crippen molar-refractivity contribution >= 4 is 18.3 Å². The highest BCUT2D eigenvalue weighted by atomic mass is 16.5. The molecule has 2 heterocycles. The van der Waals surface area contributed by atoms with Gasteiger partial charge in [-0.2, -0.15) is 0 Å². The van der Waals surface area contributed by atoms with Crippen LogP contribution in [0.3, 0.4) is 0 Å². The third kappa shape index (κ3) is 3.02. The Labute approximate surface area is 152 Å². The lowest BCUT2D eigenvalue weighted by atomic mass is 9.72. The molecule has 26 heavy (non-hydrogen) atoms. The van der Waals surface area contributed by atoms with Gasteiger partial charge in [-0.25, -0.2) is 0 Å². The maximum atomic E-state index is 13.1. The molecule has 3 rings (SSSR count).